The first-order chi connectivity index (χ1) is 12.7. The molecule has 1 aliphatic heterocycles. The highest BCUT2D eigenvalue weighted by Crippen LogP contribution is 2.37. The van der Waals surface area contributed by atoms with Gasteiger partial charge in [-0.25, -0.2) is 9.59 Å². The largest absolute Gasteiger partial charge is 0.493 e. The molecule has 1 unspecified atom stereocenters. The first-order valence-corrected chi connectivity index (χ1v) is 9.57. The van der Waals surface area contributed by atoms with Crippen molar-refractivity contribution in [1.82, 2.24) is 10.6 Å². The maximum Gasteiger partial charge on any atom is 0.338 e. The van der Waals surface area contributed by atoms with Crippen molar-refractivity contribution < 1.29 is 19.1 Å². The van der Waals surface area contributed by atoms with Crippen molar-refractivity contribution in [2.75, 3.05) is 6.61 Å². The van der Waals surface area contributed by atoms with E-state index in [4.69, 9.17) is 21.1 Å². The maximum absolute atomic E-state index is 12.9. The van der Waals surface area contributed by atoms with Crippen molar-refractivity contribution in [3.63, 3.8) is 0 Å². The quantitative estimate of drug-likeness (QED) is 0.674. The number of rotatable bonds is 7. The van der Waals surface area contributed by atoms with Crippen LogP contribution in [-0.4, -0.2) is 24.7 Å². The Hall–Kier alpha value is -2.21. The van der Waals surface area contributed by atoms with E-state index in [0.717, 1.165) is 6.42 Å². The van der Waals surface area contributed by atoms with Gasteiger partial charge in [0.05, 0.1) is 24.3 Å². The van der Waals surface area contributed by atoms with E-state index >= 15 is 0 Å². The lowest BCUT2D eigenvalue weighted by atomic mass is 9.91. The third kappa shape index (κ3) is 5.16. The van der Waals surface area contributed by atoms with Gasteiger partial charge in [-0.1, -0.05) is 32.4 Å². The standard InChI is InChI=1S/C20H27ClN2O4/c1-6-9-26-15-8-7-13(21)10-14(15)18-16(19(24)27-12(4)5)17(11(2)3)22-20(25)23-18/h7-8,10-12,18H,6,9H2,1-5H3,(H2,22,23,25). The molecule has 1 atom stereocenters. The lowest BCUT2D eigenvalue weighted by Gasteiger charge is -2.32. The smallest absolute Gasteiger partial charge is 0.338 e. The third-order valence-electron chi connectivity index (χ3n) is 3.99. The van der Waals surface area contributed by atoms with Gasteiger partial charge < -0.3 is 20.1 Å². The summed E-state index contributed by atoms with van der Waals surface area (Å²) < 4.78 is 11.3. The van der Waals surface area contributed by atoms with Gasteiger partial charge in [0.25, 0.3) is 0 Å². The van der Waals surface area contributed by atoms with E-state index in [9.17, 15) is 9.59 Å². The molecule has 27 heavy (non-hydrogen) atoms. The molecule has 0 spiro atoms. The SMILES string of the molecule is CCCOc1ccc(Cl)cc1C1NC(=O)NC(C(C)C)=C1C(=O)OC(C)C. The molecule has 7 heteroatoms. The maximum atomic E-state index is 12.9. The Morgan fingerprint density at radius 2 is 1.96 bits per heavy atom. The number of benzene rings is 1. The van der Waals surface area contributed by atoms with Crippen molar-refractivity contribution in [2.45, 2.75) is 53.2 Å². The van der Waals surface area contributed by atoms with Crippen LogP contribution in [0.15, 0.2) is 29.5 Å². The number of amides is 2. The van der Waals surface area contributed by atoms with Gasteiger partial charge >= 0.3 is 12.0 Å². The molecule has 1 aromatic rings. The van der Waals surface area contributed by atoms with Crippen LogP contribution < -0.4 is 15.4 Å². The molecular formula is C20H27ClN2O4. The Balaban J connectivity index is 2.60. The molecule has 6 nitrogen and oxygen atoms in total. The summed E-state index contributed by atoms with van der Waals surface area (Å²) in [4.78, 5) is 25.2. The topological polar surface area (TPSA) is 76.7 Å². The van der Waals surface area contributed by atoms with Crippen molar-refractivity contribution in [3.05, 3.63) is 40.1 Å². The predicted octanol–water partition coefficient (Wildman–Crippen LogP) is 4.34. The predicted molar refractivity (Wildman–Crippen MR) is 105 cm³/mol. The number of allylic oxidation sites excluding steroid dienone is 1. The number of urea groups is 1. The highest BCUT2D eigenvalue weighted by molar-refractivity contribution is 6.30. The lowest BCUT2D eigenvalue weighted by molar-refractivity contribution is -0.143. The van der Waals surface area contributed by atoms with E-state index in [1.807, 2.05) is 20.8 Å². The highest BCUT2D eigenvalue weighted by Gasteiger charge is 2.36. The molecule has 2 N–H and O–H groups in total. The second-order valence-electron chi connectivity index (χ2n) is 7.00. The Morgan fingerprint density at radius 3 is 2.56 bits per heavy atom. The summed E-state index contributed by atoms with van der Waals surface area (Å²) in [5.74, 6) is 0.0199. The zero-order chi connectivity index (χ0) is 20.1. The van der Waals surface area contributed by atoms with Crippen molar-refractivity contribution in [1.29, 1.82) is 0 Å². The molecule has 0 saturated carbocycles. The van der Waals surface area contributed by atoms with Gasteiger partial charge in [0, 0.05) is 16.3 Å². The molecule has 1 heterocycles. The van der Waals surface area contributed by atoms with Crippen molar-refractivity contribution in [3.8, 4) is 5.75 Å². The molecule has 0 bridgehead atoms. The normalized spacial score (nSPS) is 17.0. The van der Waals surface area contributed by atoms with E-state index in [2.05, 4.69) is 10.6 Å². The van der Waals surface area contributed by atoms with Crippen LogP contribution in [0.25, 0.3) is 0 Å². The summed E-state index contributed by atoms with van der Waals surface area (Å²) in [6, 6.07) is 4.09. The zero-order valence-electron chi connectivity index (χ0n) is 16.4. The third-order valence-corrected chi connectivity index (χ3v) is 4.22. The number of hydrogen-bond acceptors (Lipinski definition) is 4. The Kier molecular flexibility index (Phi) is 7.13. The average Bonchev–Trinajstić information content (AvgIpc) is 2.59. The molecule has 0 aromatic heterocycles. The first-order valence-electron chi connectivity index (χ1n) is 9.19. The van der Waals surface area contributed by atoms with Crippen LogP contribution in [0.5, 0.6) is 5.75 Å². The van der Waals surface area contributed by atoms with Crippen LogP contribution >= 0.6 is 11.6 Å². The van der Waals surface area contributed by atoms with E-state index in [1.165, 1.54) is 0 Å². The molecule has 1 aliphatic rings. The van der Waals surface area contributed by atoms with Gasteiger partial charge in [-0.15, -0.1) is 0 Å². The Morgan fingerprint density at radius 1 is 1.26 bits per heavy atom. The second kappa shape index (κ2) is 9.13. The number of esters is 1. The number of ether oxygens (including phenoxy) is 2. The molecular weight excluding hydrogens is 368 g/mol. The zero-order valence-corrected chi connectivity index (χ0v) is 17.1. The number of halogens is 1. The molecule has 0 radical (unpaired) electrons. The van der Waals surface area contributed by atoms with E-state index in [-0.39, 0.29) is 18.1 Å². The average molecular weight is 395 g/mol. The summed E-state index contributed by atoms with van der Waals surface area (Å²) in [6.07, 6.45) is 0.544. The van der Waals surface area contributed by atoms with Gasteiger partial charge in [0.2, 0.25) is 0 Å². The van der Waals surface area contributed by atoms with Gasteiger partial charge in [-0.05, 0) is 44.4 Å². The molecule has 2 rings (SSSR count). The first kappa shape index (κ1) is 21.1. The monoisotopic (exact) mass is 394 g/mol. The molecule has 0 fully saturated rings. The minimum absolute atomic E-state index is 0.0764. The van der Waals surface area contributed by atoms with E-state index in [0.29, 0.717) is 34.2 Å². The van der Waals surface area contributed by atoms with Crippen molar-refractivity contribution in [2.24, 2.45) is 5.92 Å². The summed E-state index contributed by atoms with van der Waals surface area (Å²) >= 11 is 6.20. The fourth-order valence-electron chi connectivity index (χ4n) is 2.87. The number of carbonyl (C=O) groups excluding carboxylic acids is 2. The molecule has 1 aromatic carbocycles. The van der Waals surface area contributed by atoms with Crippen molar-refractivity contribution >= 4 is 23.6 Å². The summed E-state index contributed by atoms with van der Waals surface area (Å²) in [6.45, 7) is 9.91. The van der Waals surface area contributed by atoms with Crippen LogP contribution in [0, 0.1) is 5.92 Å². The fraction of sp³-hybridized carbons (Fsp3) is 0.500. The van der Waals surface area contributed by atoms with Crippen LogP contribution in [-0.2, 0) is 9.53 Å². The minimum atomic E-state index is -0.715. The number of hydrogen-bond donors (Lipinski definition) is 2. The van der Waals surface area contributed by atoms with Gasteiger partial charge in [-0.2, -0.15) is 0 Å². The van der Waals surface area contributed by atoms with Gasteiger partial charge in [-0.3, -0.25) is 0 Å². The Bertz CT molecular complexity index is 743. The summed E-state index contributed by atoms with van der Waals surface area (Å²) in [5.41, 5.74) is 1.53. The molecule has 2 amide bonds. The summed E-state index contributed by atoms with van der Waals surface area (Å²) in [5, 5.41) is 6.06. The number of carbonyl (C=O) groups is 2. The Labute approximate surface area is 165 Å². The van der Waals surface area contributed by atoms with Crippen LogP contribution in [0.2, 0.25) is 5.02 Å². The number of nitrogens with one attached hydrogen (secondary N) is 2. The molecule has 0 aliphatic carbocycles. The van der Waals surface area contributed by atoms with E-state index in [1.54, 1.807) is 32.0 Å². The van der Waals surface area contributed by atoms with E-state index < -0.39 is 12.0 Å². The molecule has 0 saturated heterocycles. The van der Waals surface area contributed by atoms with Crippen LogP contribution in [0.1, 0.15) is 52.6 Å². The highest BCUT2D eigenvalue weighted by atomic mass is 35.5. The van der Waals surface area contributed by atoms with Gasteiger partial charge in [0.1, 0.15) is 5.75 Å². The second-order valence-corrected chi connectivity index (χ2v) is 7.43. The fourth-order valence-corrected chi connectivity index (χ4v) is 3.05. The van der Waals surface area contributed by atoms with Crippen LogP contribution in [0.4, 0.5) is 4.79 Å². The molecule has 148 valence electrons. The lowest BCUT2D eigenvalue weighted by Crippen LogP contribution is -2.47. The van der Waals surface area contributed by atoms with Crippen LogP contribution in [0.3, 0.4) is 0 Å². The summed E-state index contributed by atoms with van der Waals surface area (Å²) in [7, 11) is 0. The van der Waals surface area contributed by atoms with Gasteiger partial charge in [0.15, 0.2) is 0 Å². The minimum Gasteiger partial charge on any atom is -0.493 e.